The van der Waals surface area contributed by atoms with Gasteiger partial charge in [0.05, 0.1) is 12.7 Å². The molecule has 1 saturated heterocycles. The van der Waals surface area contributed by atoms with Crippen LogP contribution in [0, 0.1) is 11.6 Å². The Labute approximate surface area is 125 Å². The van der Waals surface area contributed by atoms with Crippen LogP contribution in [0.5, 0.6) is 0 Å². The summed E-state index contributed by atoms with van der Waals surface area (Å²) in [7, 11) is 0. The standard InChI is InChI=1S/C14H16F2N2O4/c1-8-7-18(2-3-22-8)9-4-10(15)13(11(16)5-9)14(21)17-6-12(19)20/h4-5,8H,2-3,6-7H2,1H3,(H,17,21)(H,19,20). The summed E-state index contributed by atoms with van der Waals surface area (Å²) in [5.41, 5.74) is -0.466. The summed E-state index contributed by atoms with van der Waals surface area (Å²) < 4.78 is 33.4. The molecular weight excluding hydrogens is 298 g/mol. The molecule has 0 saturated carbocycles. The molecule has 1 aliphatic heterocycles. The van der Waals surface area contributed by atoms with Gasteiger partial charge in [0, 0.05) is 18.8 Å². The summed E-state index contributed by atoms with van der Waals surface area (Å²) in [6.07, 6.45) is -0.0570. The number of carboxylic acids is 1. The van der Waals surface area contributed by atoms with Crippen molar-refractivity contribution in [1.29, 1.82) is 0 Å². The van der Waals surface area contributed by atoms with Gasteiger partial charge in [-0.2, -0.15) is 0 Å². The SMILES string of the molecule is CC1CN(c2cc(F)c(C(=O)NCC(=O)O)c(F)c2)CCO1. The van der Waals surface area contributed by atoms with Gasteiger partial charge in [-0.3, -0.25) is 9.59 Å². The van der Waals surface area contributed by atoms with Gasteiger partial charge < -0.3 is 20.1 Å². The number of hydrogen-bond donors (Lipinski definition) is 2. The lowest BCUT2D eigenvalue weighted by Crippen LogP contribution is -2.41. The molecular formula is C14H16F2N2O4. The molecule has 1 heterocycles. The number of aliphatic carboxylic acids is 1. The predicted octanol–water partition coefficient (Wildman–Crippen LogP) is 1.00. The molecule has 0 bridgehead atoms. The molecule has 1 aliphatic rings. The fourth-order valence-electron chi connectivity index (χ4n) is 2.26. The van der Waals surface area contributed by atoms with E-state index in [1.54, 1.807) is 4.90 Å². The van der Waals surface area contributed by atoms with Crippen molar-refractivity contribution in [2.45, 2.75) is 13.0 Å². The van der Waals surface area contributed by atoms with E-state index in [9.17, 15) is 18.4 Å². The third kappa shape index (κ3) is 3.70. The number of morpholine rings is 1. The van der Waals surface area contributed by atoms with E-state index in [-0.39, 0.29) is 6.10 Å². The molecule has 1 unspecified atom stereocenters. The van der Waals surface area contributed by atoms with Gasteiger partial charge in [-0.1, -0.05) is 0 Å². The van der Waals surface area contributed by atoms with Crippen molar-refractivity contribution < 1.29 is 28.2 Å². The van der Waals surface area contributed by atoms with E-state index in [0.29, 0.717) is 25.4 Å². The monoisotopic (exact) mass is 314 g/mol. The average Bonchev–Trinajstić information content (AvgIpc) is 2.44. The fraction of sp³-hybridized carbons (Fsp3) is 0.429. The maximum absolute atomic E-state index is 14.0. The molecule has 0 radical (unpaired) electrons. The fourth-order valence-corrected chi connectivity index (χ4v) is 2.26. The number of rotatable bonds is 4. The summed E-state index contributed by atoms with van der Waals surface area (Å²) in [6, 6.07) is 2.13. The molecule has 1 atom stereocenters. The maximum atomic E-state index is 14.0. The highest BCUT2D eigenvalue weighted by atomic mass is 19.1. The zero-order chi connectivity index (χ0) is 16.3. The lowest BCUT2D eigenvalue weighted by atomic mass is 10.1. The van der Waals surface area contributed by atoms with Crippen LogP contribution in [0.15, 0.2) is 12.1 Å². The minimum atomic E-state index is -1.30. The lowest BCUT2D eigenvalue weighted by Gasteiger charge is -2.33. The average molecular weight is 314 g/mol. The highest BCUT2D eigenvalue weighted by Crippen LogP contribution is 2.24. The van der Waals surface area contributed by atoms with E-state index in [1.807, 2.05) is 12.2 Å². The van der Waals surface area contributed by atoms with Gasteiger partial charge in [0.25, 0.3) is 5.91 Å². The molecule has 120 valence electrons. The lowest BCUT2D eigenvalue weighted by molar-refractivity contribution is -0.135. The number of nitrogens with zero attached hydrogens (tertiary/aromatic N) is 1. The second-order valence-corrected chi connectivity index (χ2v) is 4.99. The molecule has 1 aromatic rings. The molecule has 8 heteroatoms. The molecule has 0 spiro atoms. The Hall–Kier alpha value is -2.22. The van der Waals surface area contributed by atoms with Gasteiger partial charge in [0.2, 0.25) is 0 Å². The zero-order valence-corrected chi connectivity index (χ0v) is 11.9. The zero-order valence-electron chi connectivity index (χ0n) is 11.9. The summed E-state index contributed by atoms with van der Waals surface area (Å²) in [5.74, 6) is -4.46. The molecule has 0 aromatic heterocycles. The Morgan fingerprint density at radius 3 is 2.59 bits per heavy atom. The quantitative estimate of drug-likeness (QED) is 0.867. The first-order chi connectivity index (χ1) is 10.4. The number of benzene rings is 1. The third-order valence-electron chi connectivity index (χ3n) is 3.26. The van der Waals surface area contributed by atoms with E-state index in [1.165, 1.54) is 0 Å². The number of carbonyl (C=O) groups excluding carboxylic acids is 1. The van der Waals surface area contributed by atoms with E-state index >= 15 is 0 Å². The predicted molar refractivity (Wildman–Crippen MR) is 74.0 cm³/mol. The second-order valence-electron chi connectivity index (χ2n) is 4.99. The van der Waals surface area contributed by atoms with E-state index in [0.717, 1.165) is 12.1 Å². The number of halogens is 2. The van der Waals surface area contributed by atoms with Gasteiger partial charge in [-0.05, 0) is 19.1 Å². The first-order valence-corrected chi connectivity index (χ1v) is 6.74. The normalized spacial score (nSPS) is 18.1. The van der Waals surface area contributed by atoms with Crippen LogP contribution in [0.25, 0.3) is 0 Å². The number of anilines is 1. The van der Waals surface area contributed by atoms with Crippen molar-refractivity contribution in [3.63, 3.8) is 0 Å². The molecule has 2 rings (SSSR count). The number of nitrogens with one attached hydrogen (secondary N) is 1. The summed E-state index contributed by atoms with van der Waals surface area (Å²) >= 11 is 0. The van der Waals surface area contributed by atoms with Gasteiger partial charge in [0.1, 0.15) is 23.7 Å². The van der Waals surface area contributed by atoms with Crippen LogP contribution in [0.4, 0.5) is 14.5 Å². The number of hydrogen-bond acceptors (Lipinski definition) is 4. The van der Waals surface area contributed by atoms with Crippen LogP contribution in [-0.2, 0) is 9.53 Å². The highest BCUT2D eigenvalue weighted by molar-refractivity contribution is 5.96. The van der Waals surface area contributed by atoms with Gasteiger partial charge in [-0.25, -0.2) is 8.78 Å². The summed E-state index contributed by atoms with van der Waals surface area (Å²) in [5, 5.41) is 10.4. The molecule has 1 aromatic carbocycles. The van der Waals surface area contributed by atoms with Crippen LogP contribution in [0.2, 0.25) is 0 Å². The molecule has 22 heavy (non-hydrogen) atoms. The van der Waals surface area contributed by atoms with Crippen LogP contribution in [0.1, 0.15) is 17.3 Å². The van der Waals surface area contributed by atoms with Crippen molar-refractivity contribution in [1.82, 2.24) is 5.32 Å². The molecule has 1 amide bonds. The molecule has 2 N–H and O–H groups in total. The Kier molecular flexibility index (Phi) is 4.92. The highest BCUT2D eigenvalue weighted by Gasteiger charge is 2.23. The smallest absolute Gasteiger partial charge is 0.322 e. The van der Waals surface area contributed by atoms with E-state index < -0.39 is 35.6 Å². The van der Waals surface area contributed by atoms with Gasteiger partial charge in [-0.15, -0.1) is 0 Å². The van der Waals surface area contributed by atoms with Crippen LogP contribution >= 0.6 is 0 Å². The first-order valence-electron chi connectivity index (χ1n) is 6.74. The van der Waals surface area contributed by atoms with Crippen LogP contribution < -0.4 is 10.2 Å². The maximum Gasteiger partial charge on any atom is 0.322 e. The van der Waals surface area contributed by atoms with Crippen LogP contribution in [0.3, 0.4) is 0 Å². The van der Waals surface area contributed by atoms with Crippen molar-refractivity contribution in [2.75, 3.05) is 31.1 Å². The van der Waals surface area contributed by atoms with Crippen molar-refractivity contribution in [3.8, 4) is 0 Å². The Morgan fingerprint density at radius 2 is 2.05 bits per heavy atom. The largest absolute Gasteiger partial charge is 0.480 e. The molecule has 0 aliphatic carbocycles. The minimum Gasteiger partial charge on any atom is -0.480 e. The van der Waals surface area contributed by atoms with Crippen LogP contribution in [-0.4, -0.2) is 49.3 Å². The summed E-state index contributed by atoms with van der Waals surface area (Å²) in [4.78, 5) is 23.8. The Balaban J connectivity index is 2.21. The second kappa shape index (κ2) is 6.69. The van der Waals surface area contributed by atoms with Gasteiger partial charge >= 0.3 is 5.97 Å². The minimum absolute atomic E-state index is 0.0570. The van der Waals surface area contributed by atoms with Crippen molar-refractivity contribution >= 4 is 17.6 Å². The first kappa shape index (κ1) is 16.2. The molecule has 1 fully saturated rings. The van der Waals surface area contributed by atoms with Crippen molar-refractivity contribution in [2.24, 2.45) is 0 Å². The number of amides is 1. The topological polar surface area (TPSA) is 78.9 Å². The van der Waals surface area contributed by atoms with E-state index in [4.69, 9.17) is 9.84 Å². The number of carbonyl (C=O) groups is 2. The number of ether oxygens (including phenoxy) is 1. The van der Waals surface area contributed by atoms with E-state index in [2.05, 4.69) is 0 Å². The molecule has 6 nitrogen and oxygen atoms in total. The Morgan fingerprint density at radius 1 is 1.41 bits per heavy atom. The third-order valence-corrected chi connectivity index (χ3v) is 3.26. The van der Waals surface area contributed by atoms with Crippen molar-refractivity contribution in [3.05, 3.63) is 29.3 Å². The Bertz CT molecular complexity index is 571. The summed E-state index contributed by atoms with van der Waals surface area (Å²) in [6.45, 7) is 2.58. The number of carboxylic acid groups (broad SMARTS) is 1. The van der Waals surface area contributed by atoms with Gasteiger partial charge in [0.15, 0.2) is 0 Å².